The molecule has 3 N–H and O–H groups in total. The minimum absolute atomic E-state index is 0. The van der Waals surface area contributed by atoms with Crippen LogP contribution >= 0.6 is 12.4 Å². The number of halogens is 1. The lowest BCUT2D eigenvalue weighted by molar-refractivity contribution is -0.124. The molecule has 2 aliphatic rings. The Morgan fingerprint density at radius 1 is 1.08 bits per heavy atom. The highest BCUT2D eigenvalue weighted by atomic mass is 35.5. The van der Waals surface area contributed by atoms with E-state index in [-0.39, 0.29) is 30.3 Å². The smallest absolute Gasteiger partial charge is 0.253 e. The first-order chi connectivity index (χ1) is 11.2. The van der Waals surface area contributed by atoms with Gasteiger partial charge in [-0.1, -0.05) is 0 Å². The summed E-state index contributed by atoms with van der Waals surface area (Å²) in [5.41, 5.74) is 1.45. The van der Waals surface area contributed by atoms with Crippen LogP contribution in [0.15, 0.2) is 24.3 Å². The molecule has 7 heteroatoms. The van der Waals surface area contributed by atoms with Crippen LogP contribution in [-0.4, -0.2) is 37.1 Å². The van der Waals surface area contributed by atoms with Crippen molar-refractivity contribution in [2.45, 2.75) is 44.2 Å². The van der Waals surface area contributed by atoms with Crippen molar-refractivity contribution in [1.29, 1.82) is 0 Å². The van der Waals surface area contributed by atoms with E-state index in [0.717, 1.165) is 37.9 Å². The summed E-state index contributed by atoms with van der Waals surface area (Å²) in [6.45, 7) is 1.65. The van der Waals surface area contributed by atoms with Gasteiger partial charge in [-0.15, -0.1) is 12.4 Å². The summed E-state index contributed by atoms with van der Waals surface area (Å²) in [6.07, 6.45) is 4.05. The maximum Gasteiger partial charge on any atom is 0.253 e. The van der Waals surface area contributed by atoms with Crippen molar-refractivity contribution in [3.05, 3.63) is 24.3 Å². The summed E-state index contributed by atoms with van der Waals surface area (Å²) in [5.74, 6) is -0.0906. The number of hydrogen-bond acceptors (Lipinski definition) is 4. The van der Waals surface area contributed by atoms with E-state index in [2.05, 4.69) is 16.0 Å². The van der Waals surface area contributed by atoms with Gasteiger partial charge in [-0.2, -0.15) is 0 Å². The molecule has 132 valence electrons. The average molecular weight is 354 g/mol. The van der Waals surface area contributed by atoms with Gasteiger partial charge in [0.2, 0.25) is 5.91 Å². The number of carbonyl (C=O) groups is 2. The van der Waals surface area contributed by atoms with Gasteiger partial charge < -0.3 is 20.7 Å². The summed E-state index contributed by atoms with van der Waals surface area (Å²) in [7, 11) is 0. The third-order valence-electron chi connectivity index (χ3n) is 4.25. The molecular weight excluding hydrogens is 330 g/mol. The molecule has 1 aromatic rings. The number of nitrogens with one attached hydrogen (secondary N) is 3. The maximum atomic E-state index is 12.0. The van der Waals surface area contributed by atoms with Crippen molar-refractivity contribution in [3.63, 3.8) is 0 Å². The van der Waals surface area contributed by atoms with Crippen molar-refractivity contribution in [1.82, 2.24) is 5.32 Å². The van der Waals surface area contributed by atoms with E-state index >= 15 is 0 Å². The fourth-order valence-corrected chi connectivity index (χ4v) is 3.01. The first kappa shape index (κ1) is 18.7. The highest BCUT2D eigenvalue weighted by Gasteiger charge is 2.23. The van der Waals surface area contributed by atoms with Crippen LogP contribution in [0.25, 0.3) is 0 Å². The Balaban J connectivity index is 0.00000208. The molecule has 2 aliphatic heterocycles. The van der Waals surface area contributed by atoms with E-state index in [0.29, 0.717) is 24.8 Å². The van der Waals surface area contributed by atoms with Crippen LogP contribution in [0.1, 0.15) is 32.1 Å². The zero-order valence-electron chi connectivity index (χ0n) is 13.5. The Kier molecular flexibility index (Phi) is 7.02. The van der Waals surface area contributed by atoms with Gasteiger partial charge in [-0.05, 0) is 56.5 Å². The molecule has 2 saturated heterocycles. The van der Waals surface area contributed by atoms with Crippen molar-refractivity contribution < 1.29 is 14.3 Å². The molecule has 6 nitrogen and oxygen atoms in total. The van der Waals surface area contributed by atoms with Gasteiger partial charge in [0.1, 0.15) is 6.10 Å². The SMILES string of the molecule is Cl.O=C(CC1CCCN1)Nc1ccc(NC(=O)C2CCCO2)cc1. The topological polar surface area (TPSA) is 79.5 Å². The Hall–Kier alpha value is -1.63. The number of ether oxygens (including phenoxy) is 1. The van der Waals surface area contributed by atoms with Gasteiger partial charge in [-0.25, -0.2) is 0 Å². The third-order valence-corrected chi connectivity index (χ3v) is 4.25. The standard InChI is InChI=1S/C17H23N3O3.ClH/c21-16(11-14-3-1-9-18-14)19-12-5-7-13(8-6-12)20-17(22)15-4-2-10-23-15;/h5-8,14-15,18H,1-4,9-11H2,(H,19,21)(H,20,22);1H. The zero-order chi connectivity index (χ0) is 16.1. The largest absolute Gasteiger partial charge is 0.368 e. The summed E-state index contributed by atoms with van der Waals surface area (Å²) in [5, 5.41) is 9.04. The summed E-state index contributed by atoms with van der Waals surface area (Å²) in [6, 6.07) is 7.46. The second-order valence-corrected chi connectivity index (χ2v) is 6.11. The molecule has 2 heterocycles. The molecule has 0 spiro atoms. The Bertz CT molecular complexity index is 553. The molecule has 1 aromatic carbocycles. The molecule has 0 aliphatic carbocycles. The second kappa shape index (κ2) is 9.01. The van der Waals surface area contributed by atoms with Crippen LogP contribution in [0.2, 0.25) is 0 Å². The molecule has 0 bridgehead atoms. The molecular formula is C17H24ClN3O3. The number of anilines is 2. The van der Waals surface area contributed by atoms with Crippen molar-refractivity contribution >= 4 is 35.6 Å². The molecule has 0 saturated carbocycles. The van der Waals surface area contributed by atoms with Crippen LogP contribution in [0.3, 0.4) is 0 Å². The lowest BCUT2D eigenvalue weighted by Gasteiger charge is -2.12. The van der Waals surface area contributed by atoms with Crippen LogP contribution in [0, 0.1) is 0 Å². The number of rotatable bonds is 5. The lowest BCUT2D eigenvalue weighted by atomic mass is 10.1. The Morgan fingerprint density at radius 3 is 2.38 bits per heavy atom. The van der Waals surface area contributed by atoms with Crippen molar-refractivity contribution in [2.75, 3.05) is 23.8 Å². The maximum absolute atomic E-state index is 12.0. The fraction of sp³-hybridized carbons (Fsp3) is 0.529. The average Bonchev–Trinajstić information content (AvgIpc) is 3.22. The molecule has 2 atom stereocenters. The molecule has 0 aromatic heterocycles. The van der Waals surface area contributed by atoms with E-state index in [1.807, 2.05) is 0 Å². The van der Waals surface area contributed by atoms with E-state index in [9.17, 15) is 9.59 Å². The van der Waals surface area contributed by atoms with Gasteiger partial charge in [0.25, 0.3) is 5.91 Å². The third kappa shape index (κ3) is 5.19. The van der Waals surface area contributed by atoms with Gasteiger partial charge >= 0.3 is 0 Å². The predicted octanol–water partition coefficient (Wildman–Crippen LogP) is 2.31. The molecule has 3 rings (SSSR count). The minimum atomic E-state index is -0.340. The van der Waals surface area contributed by atoms with E-state index in [4.69, 9.17) is 4.74 Å². The summed E-state index contributed by atoms with van der Waals surface area (Å²) in [4.78, 5) is 23.9. The zero-order valence-corrected chi connectivity index (χ0v) is 14.4. The molecule has 24 heavy (non-hydrogen) atoms. The van der Waals surface area contributed by atoms with Gasteiger partial charge in [0.15, 0.2) is 0 Å². The molecule has 2 fully saturated rings. The summed E-state index contributed by atoms with van der Waals surface area (Å²) >= 11 is 0. The number of benzene rings is 1. The van der Waals surface area contributed by atoms with Gasteiger partial charge in [0, 0.05) is 30.4 Å². The molecule has 2 amide bonds. The van der Waals surface area contributed by atoms with Crippen LogP contribution in [0.4, 0.5) is 11.4 Å². The van der Waals surface area contributed by atoms with Crippen LogP contribution in [-0.2, 0) is 14.3 Å². The predicted molar refractivity (Wildman–Crippen MR) is 95.6 cm³/mol. The molecule has 2 unspecified atom stereocenters. The summed E-state index contributed by atoms with van der Waals surface area (Å²) < 4.78 is 5.35. The van der Waals surface area contributed by atoms with Gasteiger partial charge in [0.05, 0.1) is 0 Å². The van der Waals surface area contributed by atoms with Crippen LogP contribution in [0.5, 0.6) is 0 Å². The van der Waals surface area contributed by atoms with E-state index < -0.39 is 0 Å². The highest BCUT2D eigenvalue weighted by molar-refractivity contribution is 5.95. The minimum Gasteiger partial charge on any atom is -0.368 e. The first-order valence-electron chi connectivity index (χ1n) is 8.26. The Labute approximate surface area is 148 Å². The Morgan fingerprint density at radius 2 is 1.79 bits per heavy atom. The quantitative estimate of drug-likeness (QED) is 0.759. The molecule has 0 radical (unpaired) electrons. The monoisotopic (exact) mass is 353 g/mol. The fourth-order valence-electron chi connectivity index (χ4n) is 3.01. The second-order valence-electron chi connectivity index (χ2n) is 6.11. The van der Waals surface area contributed by atoms with Gasteiger partial charge in [-0.3, -0.25) is 9.59 Å². The highest BCUT2D eigenvalue weighted by Crippen LogP contribution is 2.18. The first-order valence-corrected chi connectivity index (χ1v) is 8.26. The lowest BCUT2D eigenvalue weighted by Crippen LogP contribution is -2.27. The number of hydrogen-bond donors (Lipinski definition) is 3. The number of amides is 2. The van der Waals surface area contributed by atoms with Crippen molar-refractivity contribution in [2.24, 2.45) is 0 Å². The number of carbonyl (C=O) groups excluding carboxylic acids is 2. The van der Waals surface area contributed by atoms with E-state index in [1.54, 1.807) is 24.3 Å². The van der Waals surface area contributed by atoms with Crippen LogP contribution < -0.4 is 16.0 Å². The van der Waals surface area contributed by atoms with Crippen molar-refractivity contribution in [3.8, 4) is 0 Å². The van der Waals surface area contributed by atoms with E-state index in [1.165, 1.54) is 0 Å². The normalized spacial score (nSPS) is 22.7.